The first-order chi connectivity index (χ1) is 13.8. The molecule has 0 aliphatic rings. The fraction of sp³-hybridized carbons (Fsp3) is 0.762. The van der Waals surface area contributed by atoms with Crippen molar-refractivity contribution in [2.45, 2.75) is 77.3 Å². The molecule has 0 rings (SSSR count). The molecule has 0 saturated carbocycles. The number of aliphatic carboxylic acids is 2. The zero-order chi connectivity index (χ0) is 22.3. The smallest absolute Gasteiger partial charge is 0.362 e. The van der Waals surface area contributed by atoms with Crippen molar-refractivity contribution in [1.29, 1.82) is 0 Å². The zero-order valence-electron chi connectivity index (χ0n) is 17.9. The number of hydrogen-bond acceptors (Lipinski definition) is 5. The van der Waals surface area contributed by atoms with E-state index in [0.717, 1.165) is 19.3 Å². The third kappa shape index (κ3) is 8.95. The number of carboxylic acid groups (broad SMARTS) is 2. The van der Waals surface area contributed by atoms with Crippen LogP contribution in [0.5, 0.6) is 0 Å². The molecular weight excluding hydrogens is 376 g/mol. The second kappa shape index (κ2) is 15.0. The van der Waals surface area contributed by atoms with Gasteiger partial charge in [-0.2, -0.15) is 0 Å². The molecule has 8 nitrogen and oxygen atoms in total. The molecule has 168 valence electrons. The van der Waals surface area contributed by atoms with E-state index in [2.05, 4.69) is 11.9 Å². The van der Waals surface area contributed by atoms with Crippen molar-refractivity contribution >= 4 is 17.8 Å². The van der Waals surface area contributed by atoms with Gasteiger partial charge in [0.05, 0.1) is 25.7 Å². The molecule has 8 heteroatoms. The maximum absolute atomic E-state index is 12.1. The van der Waals surface area contributed by atoms with Crippen molar-refractivity contribution in [2.24, 2.45) is 0 Å². The molecule has 0 aliphatic heterocycles. The highest BCUT2D eigenvalue weighted by atomic mass is 16.4. The van der Waals surface area contributed by atoms with Crippen LogP contribution in [0.25, 0.3) is 0 Å². The number of carbonyl (C=O) groups is 3. The summed E-state index contributed by atoms with van der Waals surface area (Å²) in [5.74, 6) is -2.57. The second-order valence-corrected chi connectivity index (χ2v) is 7.42. The van der Waals surface area contributed by atoms with E-state index in [1.165, 1.54) is 0 Å². The van der Waals surface area contributed by atoms with E-state index in [9.17, 15) is 29.7 Å². The summed E-state index contributed by atoms with van der Waals surface area (Å²) in [5, 5.41) is 34.2. The highest BCUT2D eigenvalue weighted by molar-refractivity contribution is 5.76. The van der Waals surface area contributed by atoms with Crippen LogP contribution < -0.4 is 10.4 Å². The number of unbranched alkanes of at least 4 members (excludes halogenated alkanes) is 2. The van der Waals surface area contributed by atoms with Gasteiger partial charge in [0.2, 0.25) is 5.91 Å². The van der Waals surface area contributed by atoms with Gasteiger partial charge < -0.3 is 29.9 Å². The molecule has 3 unspecified atom stereocenters. The molecule has 29 heavy (non-hydrogen) atoms. The van der Waals surface area contributed by atoms with Crippen LogP contribution in [0, 0.1) is 0 Å². The number of carboxylic acids is 2. The van der Waals surface area contributed by atoms with Crippen LogP contribution in [0.1, 0.15) is 65.2 Å². The monoisotopic (exact) mass is 414 g/mol. The summed E-state index contributed by atoms with van der Waals surface area (Å²) in [6.45, 7) is 7.17. The maximum atomic E-state index is 12.1. The fourth-order valence-electron chi connectivity index (χ4n) is 3.94. The number of nitrogens with zero attached hydrogens (tertiary/aromatic N) is 1. The Morgan fingerprint density at radius 2 is 1.72 bits per heavy atom. The number of hydrogen-bond donors (Lipinski definition) is 3. The minimum Gasteiger partial charge on any atom is -0.544 e. The van der Waals surface area contributed by atoms with Gasteiger partial charge in [-0.15, -0.1) is 6.58 Å². The van der Waals surface area contributed by atoms with Gasteiger partial charge in [0, 0.05) is 19.3 Å². The molecule has 1 amide bonds. The predicted octanol–water partition coefficient (Wildman–Crippen LogP) is 0.830. The Morgan fingerprint density at radius 1 is 1.10 bits per heavy atom. The lowest BCUT2D eigenvalue weighted by atomic mass is 9.98. The largest absolute Gasteiger partial charge is 0.544 e. The maximum Gasteiger partial charge on any atom is 0.362 e. The molecule has 3 atom stereocenters. The number of aliphatic hydroxyl groups excluding tert-OH is 1. The van der Waals surface area contributed by atoms with E-state index in [4.69, 9.17) is 0 Å². The fourth-order valence-corrected chi connectivity index (χ4v) is 3.94. The summed E-state index contributed by atoms with van der Waals surface area (Å²) >= 11 is 0. The van der Waals surface area contributed by atoms with Crippen LogP contribution in [0.15, 0.2) is 12.7 Å². The van der Waals surface area contributed by atoms with Gasteiger partial charge >= 0.3 is 5.97 Å². The molecule has 0 aliphatic carbocycles. The summed E-state index contributed by atoms with van der Waals surface area (Å²) in [6, 6.07) is -2.06. The average molecular weight is 415 g/mol. The van der Waals surface area contributed by atoms with Crippen molar-refractivity contribution in [3.05, 3.63) is 12.7 Å². The average Bonchev–Trinajstić information content (AvgIpc) is 2.66. The van der Waals surface area contributed by atoms with Crippen molar-refractivity contribution in [1.82, 2.24) is 5.32 Å². The van der Waals surface area contributed by atoms with Gasteiger partial charge in [0.25, 0.3) is 0 Å². The molecule has 0 aromatic rings. The van der Waals surface area contributed by atoms with Crippen LogP contribution in [-0.2, 0) is 14.4 Å². The quantitative estimate of drug-likeness (QED) is 0.173. The summed E-state index contributed by atoms with van der Waals surface area (Å²) in [7, 11) is 0. The molecule has 0 fully saturated rings. The number of quaternary nitrogens is 1. The van der Waals surface area contributed by atoms with Gasteiger partial charge in [0.15, 0.2) is 6.04 Å². The topological polar surface area (TPSA) is 127 Å². The summed E-state index contributed by atoms with van der Waals surface area (Å²) < 4.78 is -0.327. The standard InChI is InChI=1S/C21H38N2O6/c1-4-7-8-9-12-19(25)22-13-14-23(15-16-24,17(10-5-2)20(26)27)18(11-6-3)21(28)29/h4,17-18,24H,1,5-16H2,2-3H3,(H2-,22,25,26,27,28,29). The summed E-state index contributed by atoms with van der Waals surface area (Å²) in [5.41, 5.74) is 0. The second-order valence-electron chi connectivity index (χ2n) is 7.42. The van der Waals surface area contributed by atoms with Crippen LogP contribution in [-0.4, -0.2) is 70.9 Å². The SMILES string of the molecule is C=CCCCCC(=O)NCC[N+](CCO)(C(CCC)C(=O)[O-])C(CCC)C(=O)O. The first kappa shape index (κ1) is 27.1. The zero-order valence-corrected chi connectivity index (χ0v) is 17.9. The van der Waals surface area contributed by atoms with Crippen LogP contribution in [0.4, 0.5) is 0 Å². The lowest BCUT2D eigenvalue weighted by Gasteiger charge is -2.48. The third-order valence-electron chi connectivity index (χ3n) is 5.35. The molecule has 0 aromatic carbocycles. The highest BCUT2D eigenvalue weighted by Gasteiger charge is 2.47. The number of nitrogens with one attached hydrogen (secondary N) is 1. The molecular formula is C21H38N2O6. The Hall–Kier alpha value is -1.93. The highest BCUT2D eigenvalue weighted by Crippen LogP contribution is 2.26. The van der Waals surface area contributed by atoms with Crippen LogP contribution in [0.2, 0.25) is 0 Å². The van der Waals surface area contributed by atoms with E-state index in [0.29, 0.717) is 19.3 Å². The Morgan fingerprint density at radius 3 is 2.21 bits per heavy atom. The van der Waals surface area contributed by atoms with Crippen LogP contribution >= 0.6 is 0 Å². The molecule has 0 radical (unpaired) electrons. The van der Waals surface area contributed by atoms with Crippen molar-refractivity contribution < 1.29 is 34.2 Å². The molecule has 0 bridgehead atoms. The van der Waals surface area contributed by atoms with E-state index in [1.54, 1.807) is 6.08 Å². The predicted molar refractivity (Wildman–Crippen MR) is 109 cm³/mol. The number of carbonyl (C=O) groups excluding carboxylic acids is 2. The number of amides is 1. The Kier molecular flexibility index (Phi) is 14.0. The van der Waals surface area contributed by atoms with Gasteiger partial charge in [-0.3, -0.25) is 4.79 Å². The van der Waals surface area contributed by atoms with Gasteiger partial charge in [-0.1, -0.05) is 26.3 Å². The van der Waals surface area contributed by atoms with Crippen molar-refractivity contribution in [2.75, 3.05) is 26.2 Å². The number of rotatable bonds is 18. The van der Waals surface area contributed by atoms with E-state index in [1.807, 2.05) is 13.8 Å². The summed E-state index contributed by atoms with van der Waals surface area (Å²) in [6.07, 6.45) is 6.19. The summed E-state index contributed by atoms with van der Waals surface area (Å²) in [4.78, 5) is 36.1. The molecule has 0 spiro atoms. The van der Waals surface area contributed by atoms with Gasteiger partial charge in [0.1, 0.15) is 12.6 Å². The Labute approximate surface area is 174 Å². The van der Waals surface area contributed by atoms with Gasteiger partial charge in [-0.05, 0) is 25.7 Å². The van der Waals surface area contributed by atoms with E-state index >= 15 is 0 Å². The van der Waals surface area contributed by atoms with Crippen molar-refractivity contribution in [3.8, 4) is 0 Å². The molecule has 3 N–H and O–H groups in total. The van der Waals surface area contributed by atoms with Gasteiger partial charge in [-0.25, -0.2) is 4.79 Å². The third-order valence-corrected chi connectivity index (χ3v) is 5.35. The minimum absolute atomic E-state index is 0.0230. The lowest BCUT2D eigenvalue weighted by Crippen LogP contribution is -2.70. The lowest BCUT2D eigenvalue weighted by molar-refractivity contribution is -0.959. The molecule has 0 heterocycles. The number of aliphatic hydroxyl groups is 1. The molecule has 0 saturated heterocycles. The van der Waals surface area contributed by atoms with Crippen molar-refractivity contribution in [3.63, 3.8) is 0 Å². The van der Waals surface area contributed by atoms with E-state index < -0.39 is 24.0 Å². The first-order valence-corrected chi connectivity index (χ1v) is 10.6. The van der Waals surface area contributed by atoms with E-state index in [-0.39, 0.29) is 49.5 Å². The normalized spacial score (nSPS) is 15.1. The number of allylic oxidation sites excluding steroid dienone is 1. The minimum atomic E-state index is -1.32. The first-order valence-electron chi connectivity index (χ1n) is 10.6. The Balaban J connectivity index is 5.52. The molecule has 0 aromatic heterocycles. The van der Waals surface area contributed by atoms with Crippen LogP contribution in [0.3, 0.4) is 0 Å². The Bertz CT molecular complexity index is 499.